The zero-order valence-corrected chi connectivity index (χ0v) is 32.5. The van der Waals surface area contributed by atoms with Gasteiger partial charge in [-0.15, -0.1) is 0 Å². The van der Waals surface area contributed by atoms with E-state index in [2.05, 4.69) is 229 Å². The van der Waals surface area contributed by atoms with Gasteiger partial charge in [-0.25, -0.2) is 0 Å². The Balaban J connectivity index is 1.10. The van der Waals surface area contributed by atoms with E-state index >= 15 is 0 Å². The highest BCUT2D eigenvalue weighted by molar-refractivity contribution is 6.03. The van der Waals surface area contributed by atoms with Crippen LogP contribution >= 0.6 is 0 Å². The standard InChI is InChI=1S/C56H40N2/c1-37-17-21-43(22-18-37)53-33-45-35-56-46(36-55(45)57(53)47-29-25-41(26-30-47)51-15-7-11-39-9-3-5-13-49(39)51)34-54(44-23-19-38(2)20-24-44)58(56)48-31-27-42(28-32-48)52-16-8-12-40-10-4-6-14-50(40)52/h3-36H,1-2H3. The molecule has 58 heavy (non-hydrogen) atoms. The number of hydrogen-bond donors (Lipinski definition) is 0. The molecule has 2 aromatic heterocycles. The minimum atomic E-state index is 1.14. The molecule has 0 aliphatic carbocycles. The van der Waals surface area contributed by atoms with Crippen molar-refractivity contribution in [1.29, 1.82) is 0 Å². The highest BCUT2D eigenvalue weighted by Crippen LogP contribution is 2.40. The molecule has 0 saturated heterocycles. The summed E-state index contributed by atoms with van der Waals surface area (Å²) in [5.74, 6) is 0. The first-order valence-corrected chi connectivity index (χ1v) is 20.1. The van der Waals surface area contributed by atoms with Crippen LogP contribution in [0.25, 0.3) is 99.5 Å². The molecular formula is C56H40N2. The molecule has 2 heterocycles. The van der Waals surface area contributed by atoms with Crippen molar-refractivity contribution in [2.24, 2.45) is 0 Å². The van der Waals surface area contributed by atoms with Crippen molar-refractivity contribution >= 4 is 43.4 Å². The maximum absolute atomic E-state index is 2.44. The third kappa shape index (κ3) is 5.73. The molecule has 11 aromatic rings. The van der Waals surface area contributed by atoms with E-state index in [1.165, 1.54) is 99.2 Å². The molecule has 0 N–H and O–H groups in total. The lowest BCUT2D eigenvalue weighted by Gasteiger charge is -2.14. The Morgan fingerprint density at radius 2 is 0.655 bits per heavy atom. The lowest BCUT2D eigenvalue weighted by atomic mass is 9.98. The highest BCUT2D eigenvalue weighted by atomic mass is 15.0. The second-order valence-corrected chi connectivity index (χ2v) is 15.6. The van der Waals surface area contributed by atoms with Crippen LogP contribution in [-0.4, -0.2) is 9.13 Å². The lowest BCUT2D eigenvalue weighted by Crippen LogP contribution is -1.98. The molecule has 0 fully saturated rings. The van der Waals surface area contributed by atoms with Crippen LogP contribution in [-0.2, 0) is 0 Å². The average Bonchev–Trinajstić information content (AvgIpc) is 3.84. The summed E-state index contributed by atoms with van der Waals surface area (Å²) < 4.78 is 4.88. The Morgan fingerprint density at radius 1 is 0.293 bits per heavy atom. The van der Waals surface area contributed by atoms with Gasteiger partial charge in [0.15, 0.2) is 0 Å². The van der Waals surface area contributed by atoms with Crippen molar-refractivity contribution < 1.29 is 0 Å². The van der Waals surface area contributed by atoms with Gasteiger partial charge in [-0.05, 0) is 117 Å². The molecule has 0 saturated carbocycles. The molecule has 274 valence electrons. The van der Waals surface area contributed by atoms with Gasteiger partial charge in [0.2, 0.25) is 0 Å². The van der Waals surface area contributed by atoms with Gasteiger partial charge in [0, 0.05) is 22.1 Å². The number of aromatic nitrogens is 2. The van der Waals surface area contributed by atoms with Gasteiger partial charge in [0.1, 0.15) is 0 Å². The van der Waals surface area contributed by atoms with Crippen molar-refractivity contribution in [3.05, 3.63) is 217 Å². The van der Waals surface area contributed by atoms with Crippen molar-refractivity contribution in [3.63, 3.8) is 0 Å². The van der Waals surface area contributed by atoms with Gasteiger partial charge in [-0.2, -0.15) is 0 Å². The third-order valence-corrected chi connectivity index (χ3v) is 11.9. The number of hydrogen-bond acceptors (Lipinski definition) is 0. The van der Waals surface area contributed by atoms with E-state index in [1.54, 1.807) is 0 Å². The molecular weight excluding hydrogens is 701 g/mol. The van der Waals surface area contributed by atoms with E-state index < -0.39 is 0 Å². The molecule has 0 atom stereocenters. The van der Waals surface area contributed by atoms with E-state index in [4.69, 9.17) is 0 Å². The first-order valence-electron chi connectivity index (χ1n) is 20.1. The minimum absolute atomic E-state index is 1.14. The predicted molar refractivity (Wildman–Crippen MR) is 246 cm³/mol. The van der Waals surface area contributed by atoms with E-state index in [0.29, 0.717) is 0 Å². The topological polar surface area (TPSA) is 9.86 Å². The van der Waals surface area contributed by atoms with Crippen LogP contribution in [0.15, 0.2) is 206 Å². The lowest BCUT2D eigenvalue weighted by molar-refractivity contribution is 1.13. The summed E-state index contributed by atoms with van der Waals surface area (Å²) in [5, 5.41) is 7.44. The highest BCUT2D eigenvalue weighted by Gasteiger charge is 2.19. The van der Waals surface area contributed by atoms with E-state index in [0.717, 1.165) is 11.4 Å². The van der Waals surface area contributed by atoms with Crippen LogP contribution in [0.2, 0.25) is 0 Å². The summed E-state index contributed by atoms with van der Waals surface area (Å²) in [6, 6.07) is 75.9. The van der Waals surface area contributed by atoms with Gasteiger partial charge >= 0.3 is 0 Å². The van der Waals surface area contributed by atoms with Crippen molar-refractivity contribution in [2.75, 3.05) is 0 Å². The molecule has 0 bridgehead atoms. The largest absolute Gasteiger partial charge is 0.309 e. The second-order valence-electron chi connectivity index (χ2n) is 15.6. The van der Waals surface area contributed by atoms with Gasteiger partial charge in [-0.1, -0.05) is 169 Å². The Labute approximate surface area is 338 Å². The van der Waals surface area contributed by atoms with Crippen molar-refractivity contribution in [3.8, 4) is 56.1 Å². The van der Waals surface area contributed by atoms with Crippen molar-refractivity contribution in [1.82, 2.24) is 9.13 Å². The van der Waals surface area contributed by atoms with E-state index in [-0.39, 0.29) is 0 Å². The molecule has 0 amide bonds. The normalized spacial score (nSPS) is 11.6. The molecule has 0 aliphatic rings. The van der Waals surface area contributed by atoms with Crippen LogP contribution in [0.4, 0.5) is 0 Å². The first kappa shape index (κ1) is 33.9. The Hall–Kier alpha value is -7.42. The predicted octanol–water partition coefficient (Wildman–Crippen LogP) is 15.2. The van der Waals surface area contributed by atoms with Crippen LogP contribution in [0, 0.1) is 13.8 Å². The maximum atomic E-state index is 2.44. The van der Waals surface area contributed by atoms with Crippen LogP contribution in [0.3, 0.4) is 0 Å². The quantitative estimate of drug-likeness (QED) is 0.161. The summed E-state index contributed by atoms with van der Waals surface area (Å²) >= 11 is 0. The zero-order valence-electron chi connectivity index (χ0n) is 32.5. The second kappa shape index (κ2) is 13.7. The number of nitrogens with zero attached hydrogens (tertiary/aromatic N) is 2. The summed E-state index contributed by atoms with van der Waals surface area (Å²) in [6.07, 6.45) is 0. The summed E-state index contributed by atoms with van der Waals surface area (Å²) in [7, 11) is 0. The fourth-order valence-electron chi connectivity index (χ4n) is 8.88. The summed E-state index contributed by atoms with van der Waals surface area (Å²) in [5.41, 5.74) is 16.8. The molecule has 0 spiro atoms. The van der Waals surface area contributed by atoms with Gasteiger partial charge in [0.25, 0.3) is 0 Å². The number of rotatable bonds is 6. The minimum Gasteiger partial charge on any atom is -0.309 e. The number of fused-ring (bicyclic) bond motifs is 4. The molecule has 0 aliphatic heterocycles. The molecule has 0 unspecified atom stereocenters. The monoisotopic (exact) mass is 740 g/mol. The van der Waals surface area contributed by atoms with Crippen molar-refractivity contribution in [2.45, 2.75) is 13.8 Å². The fraction of sp³-hybridized carbons (Fsp3) is 0.0357. The number of aryl methyl sites for hydroxylation is 2. The maximum Gasteiger partial charge on any atom is 0.0542 e. The zero-order chi connectivity index (χ0) is 38.7. The molecule has 2 heteroatoms. The molecule has 2 nitrogen and oxygen atoms in total. The third-order valence-electron chi connectivity index (χ3n) is 11.9. The Kier molecular flexibility index (Phi) is 7.97. The molecule has 0 radical (unpaired) electrons. The number of benzene rings is 9. The fourth-order valence-corrected chi connectivity index (χ4v) is 8.88. The average molecular weight is 741 g/mol. The summed E-state index contributed by atoms with van der Waals surface area (Å²) in [4.78, 5) is 0. The van der Waals surface area contributed by atoms with E-state index in [9.17, 15) is 0 Å². The smallest absolute Gasteiger partial charge is 0.0542 e. The molecule has 9 aromatic carbocycles. The Bertz CT molecular complexity index is 3070. The molecule has 11 rings (SSSR count). The summed E-state index contributed by atoms with van der Waals surface area (Å²) in [6.45, 7) is 4.30. The van der Waals surface area contributed by atoms with Crippen LogP contribution < -0.4 is 0 Å². The van der Waals surface area contributed by atoms with Crippen LogP contribution in [0.5, 0.6) is 0 Å². The van der Waals surface area contributed by atoms with Gasteiger partial charge in [-0.3, -0.25) is 0 Å². The Morgan fingerprint density at radius 3 is 1.07 bits per heavy atom. The van der Waals surface area contributed by atoms with E-state index in [1.807, 2.05) is 0 Å². The van der Waals surface area contributed by atoms with Gasteiger partial charge in [0.05, 0.1) is 22.4 Å². The first-order chi connectivity index (χ1) is 28.6. The van der Waals surface area contributed by atoms with Crippen LogP contribution in [0.1, 0.15) is 11.1 Å². The van der Waals surface area contributed by atoms with Gasteiger partial charge < -0.3 is 9.13 Å². The SMILES string of the molecule is Cc1ccc(-c2cc3cc4c(cc(-c5ccc(C)cc5)n4-c4ccc(-c5cccc6ccccc56)cc4)cc3n2-c2ccc(-c3cccc4ccccc34)cc2)cc1.